The zero-order valence-corrected chi connectivity index (χ0v) is 15.3. The molecule has 1 aliphatic heterocycles. The molecule has 6 heteroatoms. The number of aromatic nitrogens is 1. The van der Waals surface area contributed by atoms with Gasteiger partial charge in [-0.1, -0.05) is 0 Å². The van der Waals surface area contributed by atoms with Crippen LogP contribution in [0.4, 0.5) is 5.82 Å². The van der Waals surface area contributed by atoms with Crippen LogP contribution in [0.1, 0.15) is 50.5 Å². The number of nitrogens with zero attached hydrogens (tertiary/aromatic N) is 4. The van der Waals surface area contributed by atoms with Crippen molar-refractivity contribution in [3.63, 3.8) is 0 Å². The molecule has 140 valence electrons. The summed E-state index contributed by atoms with van der Waals surface area (Å²) < 4.78 is 0. The number of amides is 1. The molecular formula is C20H28N4O2. The lowest BCUT2D eigenvalue weighted by molar-refractivity contribution is -0.121. The number of aliphatic hydroxyl groups excluding tert-OH is 1. The lowest BCUT2D eigenvalue weighted by Crippen LogP contribution is -2.41. The molecule has 1 aromatic rings. The molecule has 1 atom stereocenters. The van der Waals surface area contributed by atoms with E-state index in [2.05, 4.69) is 16.0 Å². The quantitative estimate of drug-likeness (QED) is 0.791. The first-order valence-electron chi connectivity index (χ1n) is 9.70. The molecule has 1 N–H and O–H groups in total. The Bertz CT molecular complexity index is 637. The lowest BCUT2D eigenvalue weighted by Gasteiger charge is -2.37. The average molecular weight is 356 g/mol. The largest absolute Gasteiger partial charge is 0.393 e. The maximum atomic E-state index is 11.5. The lowest BCUT2D eigenvalue weighted by atomic mass is 9.91. The molecule has 1 aliphatic carbocycles. The Morgan fingerprint density at radius 1 is 1.35 bits per heavy atom. The summed E-state index contributed by atoms with van der Waals surface area (Å²) in [6, 6.07) is 6.12. The van der Waals surface area contributed by atoms with Crippen LogP contribution in [0, 0.1) is 17.2 Å². The van der Waals surface area contributed by atoms with Gasteiger partial charge in [0.2, 0.25) is 6.41 Å². The summed E-state index contributed by atoms with van der Waals surface area (Å²) in [5.74, 6) is 1.29. The van der Waals surface area contributed by atoms with Crippen LogP contribution in [0.2, 0.25) is 0 Å². The van der Waals surface area contributed by atoms with Crippen molar-refractivity contribution in [2.24, 2.45) is 5.92 Å². The number of pyridine rings is 1. The standard InChI is InChI=1S/C20H28N4O2/c21-13-17-4-1-10-22-20(17)23-11-2-3-16(14-23)9-12-24(15-25)18-5-7-19(26)8-6-18/h1,4,10,15-16,18-19,26H,2-3,5-9,11-12,14H2. The van der Waals surface area contributed by atoms with Crippen LogP contribution in [-0.2, 0) is 4.79 Å². The molecule has 26 heavy (non-hydrogen) atoms. The molecule has 3 rings (SSSR count). The first-order valence-corrected chi connectivity index (χ1v) is 9.70. The molecule has 0 bridgehead atoms. The van der Waals surface area contributed by atoms with E-state index in [-0.39, 0.29) is 12.1 Å². The summed E-state index contributed by atoms with van der Waals surface area (Å²) in [5.41, 5.74) is 0.628. The minimum absolute atomic E-state index is 0.195. The topological polar surface area (TPSA) is 80.5 Å². The van der Waals surface area contributed by atoms with Crippen LogP contribution in [0.5, 0.6) is 0 Å². The van der Waals surface area contributed by atoms with Gasteiger partial charge >= 0.3 is 0 Å². The Hall–Kier alpha value is -2.13. The third kappa shape index (κ3) is 4.53. The summed E-state index contributed by atoms with van der Waals surface area (Å²) in [4.78, 5) is 20.1. The number of hydrogen-bond acceptors (Lipinski definition) is 5. The Labute approximate surface area is 155 Å². The van der Waals surface area contributed by atoms with E-state index in [0.29, 0.717) is 11.5 Å². The van der Waals surface area contributed by atoms with E-state index < -0.39 is 0 Å². The van der Waals surface area contributed by atoms with E-state index in [0.717, 1.165) is 76.8 Å². The van der Waals surface area contributed by atoms with Gasteiger partial charge in [-0.15, -0.1) is 0 Å². The fourth-order valence-corrected chi connectivity index (χ4v) is 4.27. The molecule has 1 saturated heterocycles. The van der Waals surface area contributed by atoms with Crippen LogP contribution in [0.25, 0.3) is 0 Å². The average Bonchev–Trinajstić information content (AvgIpc) is 2.70. The summed E-state index contributed by atoms with van der Waals surface area (Å²) in [5, 5.41) is 19.0. The number of carbonyl (C=O) groups excluding carboxylic acids is 1. The Balaban J connectivity index is 1.55. The van der Waals surface area contributed by atoms with Crippen molar-refractivity contribution in [1.82, 2.24) is 9.88 Å². The van der Waals surface area contributed by atoms with Gasteiger partial charge in [0.1, 0.15) is 11.9 Å². The number of hydrogen-bond donors (Lipinski definition) is 1. The number of carbonyl (C=O) groups is 1. The van der Waals surface area contributed by atoms with Crippen molar-refractivity contribution in [3.8, 4) is 6.07 Å². The van der Waals surface area contributed by atoms with Gasteiger partial charge in [0.15, 0.2) is 0 Å². The predicted molar refractivity (Wildman–Crippen MR) is 99.5 cm³/mol. The Morgan fingerprint density at radius 2 is 2.15 bits per heavy atom. The summed E-state index contributed by atoms with van der Waals surface area (Å²) in [7, 11) is 0. The third-order valence-electron chi connectivity index (χ3n) is 5.79. The van der Waals surface area contributed by atoms with Crippen molar-refractivity contribution in [1.29, 1.82) is 5.26 Å². The summed E-state index contributed by atoms with van der Waals surface area (Å²) in [6.07, 6.45) is 9.13. The number of aliphatic hydroxyl groups is 1. The normalized spacial score (nSPS) is 26.2. The van der Waals surface area contributed by atoms with Crippen molar-refractivity contribution in [3.05, 3.63) is 23.9 Å². The van der Waals surface area contributed by atoms with E-state index in [9.17, 15) is 15.2 Å². The van der Waals surface area contributed by atoms with Crippen LogP contribution >= 0.6 is 0 Å². The van der Waals surface area contributed by atoms with Gasteiger partial charge in [-0.25, -0.2) is 4.98 Å². The highest BCUT2D eigenvalue weighted by atomic mass is 16.3. The summed E-state index contributed by atoms with van der Waals surface area (Å²) >= 11 is 0. The van der Waals surface area contributed by atoms with E-state index in [1.54, 1.807) is 12.3 Å². The van der Waals surface area contributed by atoms with Gasteiger partial charge in [0.05, 0.1) is 11.7 Å². The minimum atomic E-state index is -0.195. The maximum Gasteiger partial charge on any atom is 0.209 e. The SMILES string of the molecule is N#Cc1cccnc1N1CCCC(CCN(C=O)C2CCC(O)CC2)C1. The molecule has 2 aliphatic rings. The van der Waals surface area contributed by atoms with Crippen LogP contribution < -0.4 is 4.90 Å². The maximum absolute atomic E-state index is 11.5. The molecule has 1 aromatic heterocycles. The second-order valence-electron chi connectivity index (χ2n) is 7.53. The molecule has 1 saturated carbocycles. The van der Waals surface area contributed by atoms with E-state index in [1.165, 1.54) is 0 Å². The van der Waals surface area contributed by atoms with Crippen molar-refractivity contribution >= 4 is 12.2 Å². The molecule has 1 unspecified atom stereocenters. The first kappa shape index (κ1) is 18.7. The second kappa shape index (κ2) is 9.00. The zero-order valence-electron chi connectivity index (χ0n) is 15.3. The van der Waals surface area contributed by atoms with Crippen LogP contribution in [0.3, 0.4) is 0 Å². The zero-order chi connectivity index (χ0) is 18.4. The van der Waals surface area contributed by atoms with Crippen molar-refractivity contribution < 1.29 is 9.90 Å². The van der Waals surface area contributed by atoms with Crippen molar-refractivity contribution in [2.45, 2.75) is 57.1 Å². The van der Waals surface area contributed by atoms with Gasteiger partial charge in [-0.3, -0.25) is 4.79 Å². The molecule has 1 amide bonds. The van der Waals surface area contributed by atoms with Gasteiger partial charge in [-0.2, -0.15) is 5.26 Å². The predicted octanol–water partition coefficient (Wildman–Crippen LogP) is 2.32. The van der Waals surface area contributed by atoms with E-state index in [4.69, 9.17) is 0 Å². The monoisotopic (exact) mass is 356 g/mol. The number of nitriles is 1. The van der Waals surface area contributed by atoms with Gasteiger partial charge in [0.25, 0.3) is 0 Å². The third-order valence-corrected chi connectivity index (χ3v) is 5.79. The highest BCUT2D eigenvalue weighted by Crippen LogP contribution is 2.27. The smallest absolute Gasteiger partial charge is 0.209 e. The van der Waals surface area contributed by atoms with Crippen molar-refractivity contribution in [2.75, 3.05) is 24.5 Å². The van der Waals surface area contributed by atoms with Gasteiger partial charge in [0, 0.05) is 31.9 Å². The number of piperidine rings is 1. The molecule has 2 fully saturated rings. The Morgan fingerprint density at radius 3 is 2.88 bits per heavy atom. The number of rotatable bonds is 6. The fourth-order valence-electron chi connectivity index (χ4n) is 4.27. The van der Waals surface area contributed by atoms with Crippen LogP contribution in [-0.4, -0.2) is 53.2 Å². The molecule has 0 spiro atoms. The second-order valence-corrected chi connectivity index (χ2v) is 7.53. The molecule has 2 heterocycles. The fraction of sp³-hybridized carbons (Fsp3) is 0.650. The van der Waals surface area contributed by atoms with Crippen LogP contribution in [0.15, 0.2) is 18.3 Å². The van der Waals surface area contributed by atoms with Gasteiger partial charge < -0.3 is 14.9 Å². The highest BCUT2D eigenvalue weighted by molar-refractivity contribution is 5.53. The molecule has 0 aromatic carbocycles. The molecule has 6 nitrogen and oxygen atoms in total. The van der Waals surface area contributed by atoms with Gasteiger partial charge in [-0.05, 0) is 63.0 Å². The summed E-state index contributed by atoms with van der Waals surface area (Å²) in [6.45, 7) is 2.60. The highest BCUT2D eigenvalue weighted by Gasteiger charge is 2.26. The Kier molecular flexibility index (Phi) is 6.45. The minimum Gasteiger partial charge on any atom is -0.393 e. The molecular weight excluding hydrogens is 328 g/mol. The van der Waals surface area contributed by atoms with E-state index >= 15 is 0 Å². The number of anilines is 1. The van der Waals surface area contributed by atoms with E-state index in [1.807, 2.05) is 11.0 Å². The first-order chi connectivity index (χ1) is 12.7. The molecule has 0 radical (unpaired) electrons.